The van der Waals surface area contributed by atoms with E-state index in [9.17, 15) is 9.18 Å². The van der Waals surface area contributed by atoms with Crippen molar-refractivity contribution in [2.75, 3.05) is 13.1 Å². The lowest BCUT2D eigenvalue weighted by Crippen LogP contribution is -2.31. The molecule has 0 aliphatic carbocycles. The molecule has 0 amide bonds. The number of halogens is 1. The molecule has 0 spiro atoms. The summed E-state index contributed by atoms with van der Waals surface area (Å²) in [7, 11) is 0. The maximum absolute atomic E-state index is 13.4. The van der Waals surface area contributed by atoms with E-state index in [1.54, 1.807) is 13.0 Å². The molecular weight excluding hydrogens is 257 g/mol. The van der Waals surface area contributed by atoms with Gasteiger partial charge in [-0.3, -0.25) is 4.79 Å². The summed E-state index contributed by atoms with van der Waals surface area (Å²) >= 11 is 0. The van der Waals surface area contributed by atoms with Gasteiger partial charge in [0.25, 0.3) is 0 Å². The summed E-state index contributed by atoms with van der Waals surface area (Å²) < 4.78 is 18.8. The molecule has 3 nitrogen and oxygen atoms in total. The number of hydrogen-bond acceptors (Lipinski definition) is 3. The molecule has 2 unspecified atom stereocenters. The Morgan fingerprint density at radius 2 is 2.05 bits per heavy atom. The number of rotatable bonds is 2. The zero-order valence-electron chi connectivity index (χ0n) is 12.5. The van der Waals surface area contributed by atoms with Crippen LogP contribution in [-0.4, -0.2) is 24.7 Å². The third kappa shape index (κ3) is 3.37. The molecule has 0 aromatic heterocycles. The minimum absolute atomic E-state index is 0.0455. The molecular formula is C16H22FNO2. The van der Waals surface area contributed by atoms with E-state index < -0.39 is 5.60 Å². The van der Waals surface area contributed by atoms with E-state index in [1.807, 2.05) is 26.8 Å². The molecule has 0 radical (unpaired) electrons. The van der Waals surface area contributed by atoms with Crippen molar-refractivity contribution in [1.29, 1.82) is 0 Å². The number of carbonyl (C=O) groups is 1. The van der Waals surface area contributed by atoms with Crippen LogP contribution >= 0.6 is 0 Å². The maximum Gasteiger partial charge on any atom is 0.311 e. The van der Waals surface area contributed by atoms with E-state index >= 15 is 0 Å². The van der Waals surface area contributed by atoms with Gasteiger partial charge in [-0.05, 0) is 44.9 Å². The van der Waals surface area contributed by atoms with Crippen LogP contribution < -0.4 is 5.32 Å². The second-order valence-electron chi connectivity index (χ2n) is 6.41. The number of esters is 1. The maximum atomic E-state index is 13.4. The van der Waals surface area contributed by atoms with Crippen molar-refractivity contribution in [3.05, 3.63) is 35.1 Å². The highest BCUT2D eigenvalue weighted by Gasteiger charge is 2.36. The number of ether oxygens (including phenoxy) is 1. The standard InChI is InChI=1S/C16H22FNO2/c1-10-7-11(5-6-14(10)17)12-8-18-9-13(12)15(19)20-16(2,3)4/h5-7,12-13,18H,8-9H2,1-4H3. The molecule has 1 fully saturated rings. The first-order valence-electron chi connectivity index (χ1n) is 6.97. The van der Waals surface area contributed by atoms with Crippen molar-refractivity contribution in [3.63, 3.8) is 0 Å². The number of nitrogens with one attached hydrogen (secondary N) is 1. The zero-order valence-corrected chi connectivity index (χ0v) is 12.5. The van der Waals surface area contributed by atoms with Crippen molar-refractivity contribution in [2.24, 2.45) is 5.92 Å². The summed E-state index contributed by atoms with van der Waals surface area (Å²) in [5.41, 5.74) is 1.12. The quantitative estimate of drug-likeness (QED) is 0.846. The molecule has 1 aliphatic rings. The van der Waals surface area contributed by atoms with Gasteiger partial charge in [-0.15, -0.1) is 0 Å². The Hall–Kier alpha value is -1.42. The smallest absolute Gasteiger partial charge is 0.311 e. The second kappa shape index (κ2) is 5.52. The SMILES string of the molecule is Cc1cc(C2CNCC2C(=O)OC(C)(C)C)ccc1F. The molecule has 0 saturated carbocycles. The molecule has 1 aliphatic heterocycles. The molecule has 110 valence electrons. The minimum atomic E-state index is -0.483. The summed E-state index contributed by atoms with van der Waals surface area (Å²) in [6.07, 6.45) is 0. The Morgan fingerprint density at radius 1 is 1.35 bits per heavy atom. The number of carbonyl (C=O) groups excluding carboxylic acids is 1. The molecule has 1 aromatic rings. The topological polar surface area (TPSA) is 38.3 Å². The highest BCUT2D eigenvalue weighted by atomic mass is 19.1. The predicted octanol–water partition coefficient (Wildman–Crippen LogP) is 2.78. The predicted molar refractivity (Wildman–Crippen MR) is 76.1 cm³/mol. The van der Waals surface area contributed by atoms with Crippen LogP contribution in [0.25, 0.3) is 0 Å². The normalized spacial score (nSPS) is 22.9. The van der Waals surface area contributed by atoms with E-state index in [0.29, 0.717) is 12.1 Å². The molecule has 2 atom stereocenters. The fourth-order valence-electron chi connectivity index (χ4n) is 2.55. The largest absolute Gasteiger partial charge is 0.460 e. The van der Waals surface area contributed by atoms with Gasteiger partial charge < -0.3 is 10.1 Å². The van der Waals surface area contributed by atoms with Gasteiger partial charge in [0, 0.05) is 19.0 Å². The van der Waals surface area contributed by atoms with Crippen LogP contribution in [0.15, 0.2) is 18.2 Å². The highest BCUT2D eigenvalue weighted by molar-refractivity contribution is 5.75. The lowest BCUT2D eigenvalue weighted by molar-refractivity contribution is -0.159. The van der Waals surface area contributed by atoms with Gasteiger partial charge in [-0.1, -0.05) is 12.1 Å². The van der Waals surface area contributed by atoms with E-state index in [0.717, 1.165) is 12.1 Å². The van der Waals surface area contributed by atoms with E-state index in [-0.39, 0.29) is 23.6 Å². The third-order valence-electron chi connectivity index (χ3n) is 3.53. The van der Waals surface area contributed by atoms with Gasteiger partial charge in [0.2, 0.25) is 0 Å². The fraction of sp³-hybridized carbons (Fsp3) is 0.562. The lowest BCUT2D eigenvalue weighted by atomic mass is 9.88. The van der Waals surface area contributed by atoms with Crippen LogP contribution in [0.4, 0.5) is 4.39 Å². The van der Waals surface area contributed by atoms with Gasteiger partial charge in [-0.2, -0.15) is 0 Å². The zero-order chi connectivity index (χ0) is 14.9. The van der Waals surface area contributed by atoms with Crippen LogP contribution in [-0.2, 0) is 9.53 Å². The van der Waals surface area contributed by atoms with Crippen molar-refractivity contribution < 1.29 is 13.9 Å². The molecule has 1 aromatic carbocycles. The fourth-order valence-corrected chi connectivity index (χ4v) is 2.55. The number of hydrogen-bond donors (Lipinski definition) is 1. The monoisotopic (exact) mass is 279 g/mol. The van der Waals surface area contributed by atoms with Gasteiger partial charge in [0.15, 0.2) is 0 Å². The summed E-state index contributed by atoms with van der Waals surface area (Å²) in [5, 5.41) is 3.23. The van der Waals surface area contributed by atoms with Gasteiger partial charge >= 0.3 is 5.97 Å². The first-order valence-corrected chi connectivity index (χ1v) is 6.97. The average Bonchev–Trinajstić information content (AvgIpc) is 2.79. The van der Waals surface area contributed by atoms with Gasteiger partial charge in [0.05, 0.1) is 5.92 Å². The Morgan fingerprint density at radius 3 is 2.65 bits per heavy atom. The minimum Gasteiger partial charge on any atom is -0.460 e. The van der Waals surface area contributed by atoms with Crippen molar-refractivity contribution in [2.45, 2.75) is 39.2 Å². The van der Waals surface area contributed by atoms with Crippen LogP contribution in [0.1, 0.15) is 37.8 Å². The molecule has 1 heterocycles. The summed E-state index contributed by atoms with van der Waals surface area (Å²) in [6, 6.07) is 5.05. The molecule has 1 saturated heterocycles. The Labute approximate surface area is 119 Å². The van der Waals surface area contributed by atoms with Crippen molar-refractivity contribution >= 4 is 5.97 Å². The molecule has 1 N–H and O–H groups in total. The molecule has 2 rings (SSSR count). The molecule has 20 heavy (non-hydrogen) atoms. The van der Waals surface area contributed by atoms with E-state index in [4.69, 9.17) is 4.74 Å². The van der Waals surface area contributed by atoms with Crippen LogP contribution in [0.5, 0.6) is 0 Å². The van der Waals surface area contributed by atoms with E-state index in [1.165, 1.54) is 6.07 Å². The van der Waals surface area contributed by atoms with Crippen molar-refractivity contribution in [3.8, 4) is 0 Å². The lowest BCUT2D eigenvalue weighted by Gasteiger charge is -2.24. The first-order chi connectivity index (χ1) is 9.28. The van der Waals surface area contributed by atoms with Crippen LogP contribution in [0.2, 0.25) is 0 Å². The van der Waals surface area contributed by atoms with Gasteiger partial charge in [0.1, 0.15) is 11.4 Å². The molecule has 4 heteroatoms. The summed E-state index contributed by atoms with van der Waals surface area (Å²) in [6.45, 7) is 8.66. The summed E-state index contributed by atoms with van der Waals surface area (Å²) in [4.78, 5) is 12.3. The Balaban J connectivity index is 2.18. The van der Waals surface area contributed by atoms with Crippen LogP contribution in [0.3, 0.4) is 0 Å². The average molecular weight is 279 g/mol. The van der Waals surface area contributed by atoms with Crippen molar-refractivity contribution in [1.82, 2.24) is 5.32 Å². The second-order valence-corrected chi connectivity index (χ2v) is 6.41. The molecule has 0 bridgehead atoms. The Kier molecular flexibility index (Phi) is 4.14. The van der Waals surface area contributed by atoms with Gasteiger partial charge in [-0.25, -0.2) is 4.39 Å². The number of aryl methyl sites for hydroxylation is 1. The third-order valence-corrected chi connectivity index (χ3v) is 3.53. The summed E-state index contributed by atoms with van der Waals surface area (Å²) in [5.74, 6) is -0.564. The van der Waals surface area contributed by atoms with E-state index in [2.05, 4.69) is 5.32 Å². The highest BCUT2D eigenvalue weighted by Crippen LogP contribution is 2.31. The Bertz CT molecular complexity index is 508. The number of benzene rings is 1. The first kappa shape index (κ1) is 15.0. The van der Waals surface area contributed by atoms with Crippen LogP contribution in [0, 0.1) is 18.7 Å².